The van der Waals surface area contributed by atoms with Crippen LogP contribution in [0.4, 0.5) is 5.88 Å². The third-order valence-corrected chi connectivity index (χ3v) is 3.16. The van der Waals surface area contributed by atoms with Crippen molar-refractivity contribution in [1.29, 1.82) is 0 Å². The molecule has 3 aromatic rings. The Balaban J connectivity index is 2.47. The number of rotatable bonds is 3. The molecule has 0 saturated carbocycles. The fourth-order valence-corrected chi connectivity index (χ4v) is 2.32. The molecule has 1 heterocycles. The summed E-state index contributed by atoms with van der Waals surface area (Å²) < 4.78 is 5.24. The molecule has 21 heavy (non-hydrogen) atoms. The summed E-state index contributed by atoms with van der Waals surface area (Å²) in [6.07, 6.45) is 0. The Morgan fingerprint density at radius 1 is 1.10 bits per heavy atom. The maximum atomic E-state index is 11.4. The number of nitro groups is 1. The highest BCUT2D eigenvalue weighted by Crippen LogP contribution is 2.41. The lowest BCUT2D eigenvalue weighted by Crippen LogP contribution is -1.97. The van der Waals surface area contributed by atoms with Crippen molar-refractivity contribution in [3.05, 3.63) is 64.2 Å². The molecule has 0 radical (unpaired) electrons. The topological polar surface area (TPSA) is 93.6 Å². The number of carbonyl (C=O) groups is 1. The average Bonchev–Trinajstić information content (AvgIpc) is 2.87. The second-order valence-electron chi connectivity index (χ2n) is 4.39. The molecule has 0 aliphatic heterocycles. The smallest absolute Gasteiger partial charge is 0.442 e. The van der Waals surface area contributed by atoms with Crippen molar-refractivity contribution in [1.82, 2.24) is 0 Å². The SMILES string of the molecule is O=C(O)c1cccc2oc([N+](=O)[O-])c(-c3ccccc3)c12. The van der Waals surface area contributed by atoms with Crippen molar-refractivity contribution in [3.8, 4) is 11.1 Å². The zero-order valence-corrected chi connectivity index (χ0v) is 10.6. The number of benzene rings is 2. The standard InChI is InChI=1S/C15H9NO5/c17-15(18)10-7-4-8-11-13(10)12(14(21-11)16(19)20)9-5-2-1-3-6-9/h1-8H,(H,17,18). The van der Waals surface area contributed by atoms with Crippen LogP contribution in [0.3, 0.4) is 0 Å². The summed E-state index contributed by atoms with van der Waals surface area (Å²) >= 11 is 0. The summed E-state index contributed by atoms with van der Waals surface area (Å²) in [5.41, 5.74) is 0.883. The Bertz CT molecular complexity index is 851. The first-order valence-electron chi connectivity index (χ1n) is 6.08. The molecule has 6 nitrogen and oxygen atoms in total. The molecule has 0 atom stereocenters. The molecule has 0 spiro atoms. The van der Waals surface area contributed by atoms with E-state index < -0.39 is 16.8 Å². The van der Waals surface area contributed by atoms with Crippen LogP contribution in [0.5, 0.6) is 0 Å². The van der Waals surface area contributed by atoms with E-state index in [1.54, 1.807) is 30.3 Å². The van der Waals surface area contributed by atoms with Gasteiger partial charge in [-0.05, 0) is 17.7 Å². The Kier molecular flexibility index (Phi) is 2.91. The van der Waals surface area contributed by atoms with E-state index in [0.717, 1.165) is 0 Å². The minimum atomic E-state index is -1.16. The third-order valence-electron chi connectivity index (χ3n) is 3.16. The van der Waals surface area contributed by atoms with E-state index in [4.69, 9.17) is 4.42 Å². The lowest BCUT2D eigenvalue weighted by atomic mass is 10.00. The minimum absolute atomic E-state index is 0.0248. The van der Waals surface area contributed by atoms with Gasteiger partial charge in [0.2, 0.25) is 0 Å². The van der Waals surface area contributed by atoms with Gasteiger partial charge in [0.25, 0.3) is 0 Å². The van der Waals surface area contributed by atoms with Crippen molar-refractivity contribution in [3.63, 3.8) is 0 Å². The van der Waals surface area contributed by atoms with Crippen molar-refractivity contribution in [2.45, 2.75) is 0 Å². The summed E-state index contributed by atoms with van der Waals surface area (Å²) in [4.78, 5) is 21.9. The zero-order chi connectivity index (χ0) is 15.0. The van der Waals surface area contributed by atoms with Gasteiger partial charge in [-0.15, -0.1) is 0 Å². The van der Waals surface area contributed by atoms with Crippen LogP contribution in [0.15, 0.2) is 52.9 Å². The first-order chi connectivity index (χ1) is 10.1. The van der Waals surface area contributed by atoms with E-state index in [1.807, 2.05) is 0 Å². The first-order valence-corrected chi connectivity index (χ1v) is 6.08. The predicted molar refractivity (Wildman–Crippen MR) is 75.3 cm³/mol. The van der Waals surface area contributed by atoms with Gasteiger partial charge in [-0.3, -0.25) is 10.1 Å². The lowest BCUT2D eigenvalue weighted by Gasteiger charge is -2.00. The van der Waals surface area contributed by atoms with Crippen molar-refractivity contribution >= 4 is 22.8 Å². The number of carboxylic acid groups (broad SMARTS) is 1. The molecule has 0 fully saturated rings. The van der Waals surface area contributed by atoms with E-state index in [9.17, 15) is 20.0 Å². The van der Waals surface area contributed by atoms with Gasteiger partial charge >= 0.3 is 11.9 Å². The maximum Gasteiger partial charge on any atom is 0.442 e. The van der Waals surface area contributed by atoms with E-state index >= 15 is 0 Å². The second-order valence-corrected chi connectivity index (χ2v) is 4.39. The molecule has 2 aromatic carbocycles. The van der Waals surface area contributed by atoms with Crippen molar-refractivity contribution < 1.29 is 19.2 Å². The highest BCUT2D eigenvalue weighted by Gasteiger charge is 2.28. The Hall–Kier alpha value is -3.15. The van der Waals surface area contributed by atoms with Gasteiger partial charge in [0.05, 0.1) is 10.9 Å². The van der Waals surface area contributed by atoms with Crippen molar-refractivity contribution in [2.24, 2.45) is 0 Å². The van der Waals surface area contributed by atoms with Crippen LogP contribution in [0, 0.1) is 10.1 Å². The van der Waals surface area contributed by atoms with Gasteiger partial charge in [0.15, 0.2) is 0 Å². The van der Waals surface area contributed by atoms with E-state index in [0.29, 0.717) is 5.56 Å². The summed E-state index contributed by atoms with van der Waals surface area (Å²) in [6.45, 7) is 0. The third kappa shape index (κ3) is 2.02. The summed E-state index contributed by atoms with van der Waals surface area (Å²) in [6, 6.07) is 13.0. The molecular weight excluding hydrogens is 274 g/mol. The molecule has 0 bridgehead atoms. The number of carboxylic acids is 1. The molecule has 0 amide bonds. The monoisotopic (exact) mass is 283 g/mol. The van der Waals surface area contributed by atoms with Crippen LogP contribution in [0.1, 0.15) is 10.4 Å². The number of furan rings is 1. The van der Waals surface area contributed by atoms with Crippen LogP contribution in [-0.2, 0) is 0 Å². The zero-order valence-electron chi connectivity index (χ0n) is 10.6. The van der Waals surface area contributed by atoms with E-state index in [-0.39, 0.29) is 22.1 Å². The fraction of sp³-hybridized carbons (Fsp3) is 0. The predicted octanol–water partition coefficient (Wildman–Crippen LogP) is 3.71. The van der Waals surface area contributed by atoms with Crippen LogP contribution in [0.2, 0.25) is 0 Å². The van der Waals surface area contributed by atoms with Gasteiger partial charge in [-0.2, -0.15) is 0 Å². The largest absolute Gasteiger partial charge is 0.478 e. The van der Waals surface area contributed by atoms with Crippen molar-refractivity contribution in [2.75, 3.05) is 0 Å². The van der Waals surface area contributed by atoms with E-state index in [1.165, 1.54) is 18.2 Å². The normalized spacial score (nSPS) is 10.7. The molecule has 104 valence electrons. The molecule has 3 rings (SSSR count). The van der Waals surface area contributed by atoms with Crippen LogP contribution >= 0.6 is 0 Å². The quantitative estimate of drug-likeness (QED) is 0.584. The number of fused-ring (bicyclic) bond motifs is 1. The highest BCUT2D eigenvalue weighted by molar-refractivity contribution is 6.10. The fourth-order valence-electron chi connectivity index (χ4n) is 2.32. The molecule has 0 unspecified atom stereocenters. The lowest BCUT2D eigenvalue weighted by molar-refractivity contribution is -0.400. The van der Waals surface area contributed by atoms with Gasteiger partial charge in [-0.1, -0.05) is 36.4 Å². The summed E-state index contributed by atoms with van der Waals surface area (Å²) in [5, 5.41) is 20.7. The Morgan fingerprint density at radius 2 is 1.81 bits per heavy atom. The van der Waals surface area contributed by atoms with Gasteiger partial charge < -0.3 is 9.52 Å². The molecule has 0 aliphatic carbocycles. The van der Waals surface area contributed by atoms with Gasteiger partial charge in [0.1, 0.15) is 16.1 Å². The highest BCUT2D eigenvalue weighted by atomic mass is 16.6. The molecule has 1 N–H and O–H groups in total. The molecular formula is C15H9NO5. The minimum Gasteiger partial charge on any atom is -0.478 e. The van der Waals surface area contributed by atoms with E-state index in [2.05, 4.69) is 0 Å². The molecule has 1 aromatic heterocycles. The maximum absolute atomic E-state index is 11.4. The first kappa shape index (κ1) is 12.9. The number of hydrogen-bond acceptors (Lipinski definition) is 4. The number of hydrogen-bond donors (Lipinski definition) is 1. The van der Waals surface area contributed by atoms with Crippen LogP contribution < -0.4 is 0 Å². The van der Waals surface area contributed by atoms with Gasteiger partial charge in [0, 0.05) is 0 Å². The Morgan fingerprint density at radius 3 is 2.43 bits per heavy atom. The second kappa shape index (κ2) is 4.75. The molecule has 0 saturated heterocycles. The summed E-state index contributed by atoms with van der Waals surface area (Å²) in [5.74, 6) is -1.61. The average molecular weight is 283 g/mol. The summed E-state index contributed by atoms with van der Waals surface area (Å²) in [7, 11) is 0. The Labute approximate surface area is 118 Å². The molecule has 0 aliphatic rings. The van der Waals surface area contributed by atoms with Crippen LogP contribution in [0.25, 0.3) is 22.1 Å². The number of aromatic carboxylic acids is 1. The number of nitrogens with zero attached hydrogens (tertiary/aromatic N) is 1. The van der Waals surface area contributed by atoms with Crippen LogP contribution in [-0.4, -0.2) is 16.0 Å². The molecule has 6 heteroatoms. The van der Waals surface area contributed by atoms with Gasteiger partial charge in [-0.25, -0.2) is 4.79 Å².